The molecule has 0 saturated heterocycles. The predicted molar refractivity (Wildman–Crippen MR) is 564 cm³/mol. The molecule has 21 aromatic rings. The maximum Gasteiger partial charge on any atom is 0.206 e. The summed E-state index contributed by atoms with van der Waals surface area (Å²) in [7, 11) is -16.9. The molecule has 636 valence electrons. The van der Waals surface area contributed by atoms with E-state index in [4.69, 9.17) is 12.9 Å². The Hall–Kier alpha value is -14.8. The van der Waals surface area contributed by atoms with Gasteiger partial charge in [-0.1, -0.05) is 401 Å². The van der Waals surface area contributed by atoms with Crippen molar-refractivity contribution in [3.8, 4) is 28.6 Å². The molecule has 0 unspecified atom stereocenters. The van der Waals surface area contributed by atoms with Gasteiger partial charge in [-0.15, -0.1) is 0 Å². The van der Waals surface area contributed by atoms with Crippen LogP contribution in [0, 0.1) is 17.9 Å². The zero-order chi connectivity index (χ0) is 90.5. The SMILES string of the molecule is O=P(c1ccccc1)(c1ccccc1)c1ccc2c(c1)-c1cc(P(=O)(c3ccccc3)c3ccccc3)ccc1C2.[C-]#[N+]c1cc(-n2c3ccc(P(=O)(c4ccccc4)c4ccccc4)cc3c3cc(P(=O)(c4ccccc4)c4ccccc4)ccc32)c(-n2c3ccc(P(=C)(c4ccccc4)c4ccccc4)cc3c3cc(P(=O)(c4ccccc4)c4ccccc4)ccc32)cc1C#N. The summed E-state index contributed by atoms with van der Waals surface area (Å²) in [6, 6.07) is 161. The summed E-state index contributed by atoms with van der Waals surface area (Å²) in [6.45, 7) is 6.09. The Morgan fingerprint density at radius 2 is 0.444 bits per heavy atom. The molecule has 15 heteroatoms. The van der Waals surface area contributed by atoms with Crippen LogP contribution in [0.5, 0.6) is 0 Å². The fourth-order valence-corrected chi connectivity index (χ4v) is 35.7. The van der Waals surface area contributed by atoms with E-state index in [9.17, 15) is 5.26 Å². The van der Waals surface area contributed by atoms with Crippen molar-refractivity contribution in [1.82, 2.24) is 9.13 Å². The Kier molecular flexibility index (Phi) is 22.5. The number of benzene rings is 19. The van der Waals surface area contributed by atoms with E-state index in [0.717, 1.165) is 109 Å². The van der Waals surface area contributed by atoms with E-state index in [1.807, 2.05) is 382 Å². The van der Waals surface area contributed by atoms with Crippen LogP contribution in [0.15, 0.2) is 485 Å². The van der Waals surface area contributed by atoms with E-state index in [2.05, 4.69) is 117 Å². The highest BCUT2D eigenvalue weighted by atomic mass is 31.2. The van der Waals surface area contributed by atoms with Crippen molar-refractivity contribution >= 4 is 194 Å². The van der Waals surface area contributed by atoms with Gasteiger partial charge in [0.2, 0.25) is 5.69 Å². The predicted octanol–water partition coefficient (Wildman–Crippen LogP) is 21.5. The largest absolute Gasteiger partial charge is 0.309 e. The standard InChI is InChI=1S/C81H56N4O3P4.C37H28O2P2/c1-83-75-56-81(85-78-49-45-69(91(87,63-35-19-7-20-36-63)64-37-21-8-22-38-64)54-73(78)74-55-70(46-50-79(74)85)92(88,65-39-23-9-24-40-65)66-41-25-10-26-42-66)80(51-58(75)57-82)84-76-47-43-67(89(2,59-27-11-3-12-28-59)60-29-13-4-14-30-60)52-71(76)72-53-68(44-48-77(72)84)90(86,61-31-15-5-16-32-61)62-33-17-6-18-34-62;38-40(30-13-5-1-6-14-30,31-15-7-2-8-16-31)34-23-21-28-25-29-22-24-35(27-37(29)36(28)26-34)41(39,32-17-9-3-10-18-32)33-19-11-4-12-20-33/h3-56H,2H2;1-24,26-27H,25H2. The van der Waals surface area contributed by atoms with E-state index >= 15 is 22.8 Å². The number of fused-ring (bicyclic) bond motifs is 9. The third-order valence-corrected chi connectivity index (χ3v) is 44.8. The fourth-order valence-electron chi connectivity index (χ4n) is 19.4. The first-order valence-electron chi connectivity index (χ1n) is 44.0. The second-order valence-corrected chi connectivity index (χ2v) is 50.3. The number of nitriles is 1. The highest BCUT2D eigenvalue weighted by molar-refractivity contribution is 7.93. The normalized spacial score (nSPS) is 12.2. The number of aromatic nitrogens is 2. The summed E-state index contributed by atoms with van der Waals surface area (Å²) in [5, 5.41) is 28.4. The molecule has 22 rings (SSSR count). The van der Waals surface area contributed by atoms with Crippen LogP contribution < -0.4 is 95.5 Å². The molecule has 2 heterocycles. The Morgan fingerprint density at radius 1 is 0.241 bits per heavy atom. The first kappa shape index (κ1) is 85.0. The molecular formula is C118H84N4O5P6. The average Bonchev–Trinajstić information content (AvgIpc) is 1.57. The van der Waals surface area contributed by atoms with E-state index in [1.54, 1.807) is 6.07 Å². The van der Waals surface area contributed by atoms with Crippen LogP contribution in [0.2, 0.25) is 0 Å². The van der Waals surface area contributed by atoms with Crippen molar-refractivity contribution in [3.05, 3.63) is 513 Å². The lowest BCUT2D eigenvalue weighted by atomic mass is 10.1. The molecule has 0 saturated carbocycles. The Balaban J connectivity index is 0.000000215. The molecule has 0 fully saturated rings. The summed E-state index contributed by atoms with van der Waals surface area (Å²) < 4.78 is 83.8. The minimum atomic E-state index is -3.57. The highest BCUT2D eigenvalue weighted by Crippen LogP contribution is 2.53. The van der Waals surface area contributed by atoms with Crippen LogP contribution in [0.25, 0.3) is 71.0 Å². The molecule has 0 aliphatic heterocycles. The van der Waals surface area contributed by atoms with E-state index in [1.165, 1.54) is 11.1 Å². The van der Waals surface area contributed by atoms with Gasteiger partial charge in [0.05, 0.1) is 51.6 Å². The fraction of sp³-hybridized carbons (Fsp3) is 0.00847. The molecule has 0 atom stereocenters. The maximum absolute atomic E-state index is 16.5. The molecule has 1 aliphatic carbocycles. The minimum Gasteiger partial charge on any atom is -0.309 e. The van der Waals surface area contributed by atoms with Crippen LogP contribution in [0.4, 0.5) is 5.69 Å². The first-order chi connectivity index (χ1) is 65.1. The lowest BCUT2D eigenvalue weighted by Gasteiger charge is -2.27. The Morgan fingerprint density at radius 3 is 0.677 bits per heavy atom. The van der Waals surface area contributed by atoms with Crippen LogP contribution in [-0.2, 0) is 29.2 Å². The van der Waals surface area contributed by atoms with Gasteiger partial charge in [0.1, 0.15) is 0 Å². The molecule has 0 amide bonds. The maximum atomic E-state index is 16.5. The molecule has 133 heavy (non-hydrogen) atoms. The van der Waals surface area contributed by atoms with Crippen molar-refractivity contribution in [1.29, 1.82) is 5.26 Å². The second-order valence-electron chi connectivity index (χ2n) is 33.3. The van der Waals surface area contributed by atoms with E-state index in [-0.39, 0.29) is 11.3 Å². The van der Waals surface area contributed by atoms with Gasteiger partial charge in [0, 0.05) is 101 Å². The molecule has 0 spiro atoms. The minimum absolute atomic E-state index is 0.152. The zero-order valence-electron chi connectivity index (χ0n) is 72.1. The van der Waals surface area contributed by atoms with Gasteiger partial charge in [0.25, 0.3) is 0 Å². The van der Waals surface area contributed by atoms with Crippen LogP contribution in [-0.4, -0.2) is 15.4 Å². The lowest BCUT2D eigenvalue weighted by Crippen LogP contribution is -2.25. The van der Waals surface area contributed by atoms with Crippen LogP contribution >= 0.6 is 42.6 Å². The van der Waals surface area contributed by atoms with Gasteiger partial charge in [-0.2, -0.15) is 5.26 Å². The topological polar surface area (TPSA) is 123 Å². The van der Waals surface area contributed by atoms with Crippen molar-refractivity contribution in [3.63, 3.8) is 0 Å². The zero-order valence-corrected chi connectivity index (χ0v) is 77.5. The number of hydrogen-bond donors (Lipinski definition) is 0. The molecular weight excluding hydrogens is 1740 g/mol. The van der Waals surface area contributed by atoms with Gasteiger partial charge < -0.3 is 32.0 Å². The molecule has 0 radical (unpaired) electrons. The van der Waals surface area contributed by atoms with Crippen molar-refractivity contribution in [2.24, 2.45) is 0 Å². The summed E-state index contributed by atoms with van der Waals surface area (Å²) in [5.41, 5.74) is 9.05. The molecule has 9 nitrogen and oxygen atoms in total. The van der Waals surface area contributed by atoms with E-state index < -0.39 is 42.6 Å². The second kappa shape index (κ2) is 35.1. The van der Waals surface area contributed by atoms with E-state index in [0.29, 0.717) is 59.1 Å². The molecule has 1 aliphatic rings. The van der Waals surface area contributed by atoms with Gasteiger partial charge in [0.15, 0.2) is 35.7 Å². The third kappa shape index (κ3) is 14.5. The van der Waals surface area contributed by atoms with Gasteiger partial charge in [-0.05, 0) is 142 Å². The van der Waals surface area contributed by atoms with Crippen molar-refractivity contribution in [2.75, 3.05) is 0 Å². The molecule has 0 bridgehead atoms. The average molecular weight is 1820 g/mol. The summed E-state index contributed by atoms with van der Waals surface area (Å²) in [5.74, 6) is 0. The van der Waals surface area contributed by atoms with Crippen molar-refractivity contribution in [2.45, 2.75) is 6.42 Å². The summed E-state index contributed by atoms with van der Waals surface area (Å²) in [6.07, 6.45) is 5.98. The van der Waals surface area contributed by atoms with Crippen LogP contribution in [0.1, 0.15) is 16.7 Å². The lowest BCUT2D eigenvalue weighted by molar-refractivity contribution is 0.591. The smallest absolute Gasteiger partial charge is 0.206 e. The highest BCUT2D eigenvalue weighted by Gasteiger charge is 2.39. The Bertz CT molecular complexity index is 7410. The molecule has 19 aromatic carbocycles. The van der Waals surface area contributed by atoms with Crippen LogP contribution in [0.3, 0.4) is 0 Å². The first-order valence-corrected chi connectivity index (χ1v) is 54.5. The monoisotopic (exact) mass is 1820 g/mol. The Labute approximate surface area is 773 Å². The number of nitrogens with zero attached hydrogens (tertiary/aromatic N) is 4. The number of hydrogen-bond acceptors (Lipinski definition) is 6. The number of rotatable bonds is 20. The summed E-state index contributed by atoms with van der Waals surface area (Å²) in [4.78, 5) is 4.04. The quantitative estimate of drug-likeness (QED) is 0.0553. The third-order valence-electron chi connectivity index (χ3n) is 26.0. The summed E-state index contributed by atoms with van der Waals surface area (Å²) >= 11 is 0. The molecule has 0 N–H and O–H groups in total. The molecule has 2 aromatic heterocycles. The van der Waals surface area contributed by atoms with Gasteiger partial charge in [-0.3, -0.25) is 0 Å². The van der Waals surface area contributed by atoms with Crippen molar-refractivity contribution < 1.29 is 22.8 Å². The van der Waals surface area contributed by atoms with Gasteiger partial charge in [-0.25, -0.2) is 4.85 Å². The van der Waals surface area contributed by atoms with Gasteiger partial charge >= 0.3 is 0 Å².